The van der Waals surface area contributed by atoms with Gasteiger partial charge in [-0.05, 0) is 17.5 Å². The van der Waals surface area contributed by atoms with Gasteiger partial charge < -0.3 is 6.42 Å². The fraction of sp³-hybridized carbons (Fsp3) is 0.222. The standard InChI is InChI=1S/C14H11.C4H9.U/c1-10-5-4-8-13-12-7-3-2-6-11(12)9-14(10)13;1-3-4-2;/h2-8H,1,9H2;3H,4H2,1-2H3;/q2*-1;+2. The Kier molecular flexibility index (Phi) is 6.77. The minimum absolute atomic E-state index is 0. The van der Waals surface area contributed by atoms with E-state index in [0.717, 1.165) is 6.42 Å². The fourth-order valence-electron chi connectivity index (χ4n) is 2.22. The van der Waals surface area contributed by atoms with Gasteiger partial charge in [-0.15, -0.1) is 11.6 Å². The normalized spacial score (nSPS) is 10.6. The van der Waals surface area contributed by atoms with E-state index >= 15 is 0 Å². The zero-order valence-electron chi connectivity index (χ0n) is 11.7. The summed E-state index contributed by atoms with van der Waals surface area (Å²) in [7, 11) is 0. The molecule has 2 aromatic carbocycles. The molecule has 0 atom stereocenters. The molecule has 1 aliphatic rings. The molecule has 1 aliphatic carbocycles. The molecule has 96 valence electrons. The minimum Gasteiger partial charge on any atom is -0.332 e. The molecule has 19 heavy (non-hydrogen) atoms. The molecule has 0 aliphatic heterocycles. The van der Waals surface area contributed by atoms with Crippen LogP contribution in [0.2, 0.25) is 0 Å². The maximum Gasteiger partial charge on any atom is 2.00 e. The van der Waals surface area contributed by atoms with Crippen molar-refractivity contribution in [3.8, 4) is 11.1 Å². The van der Waals surface area contributed by atoms with Crippen molar-refractivity contribution in [1.82, 2.24) is 0 Å². The molecule has 0 saturated carbocycles. The third-order valence-electron chi connectivity index (χ3n) is 3.36. The van der Waals surface area contributed by atoms with Crippen molar-refractivity contribution in [2.75, 3.05) is 0 Å². The van der Waals surface area contributed by atoms with Gasteiger partial charge in [0.2, 0.25) is 0 Å². The Balaban J connectivity index is 0.000000323. The van der Waals surface area contributed by atoms with Crippen LogP contribution in [0.25, 0.3) is 11.1 Å². The first-order valence-corrected chi connectivity index (χ1v) is 6.57. The van der Waals surface area contributed by atoms with Gasteiger partial charge >= 0.3 is 31.1 Å². The number of benzene rings is 2. The molecule has 0 saturated heterocycles. The predicted octanol–water partition coefficient (Wildman–Crippen LogP) is 5.06. The van der Waals surface area contributed by atoms with Gasteiger partial charge in [-0.25, -0.2) is 0 Å². The van der Waals surface area contributed by atoms with E-state index in [4.69, 9.17) is 0 Å². The van der Waals surface area contributed by atoms with Gasteiger partial charge in [0.25, 0.3) is 0 Å². The minimum atomic E-state index is 0. The van der Waals surface area contributed by atoms with Crippen LogP contribution in [-0.2, 0) is 6.42 Å². The van der Waals surface area contributed by atoms with Crippen molar-refractivity contribution in [1.29, 1.82) is 0 Å². The van der Waals surface area contributed by atoms with Gasteiger partial charge in [0.15, 0.2) is 0 Å². The summed E-state index contributed by atoms with van der Waals surface area (Å²) < 4.78 is 0. The average molecular weight is 474 g/mol. The number of rotatable bonds is 1. The quantitative estimate of drug-likeness (QED) is 0.433. The number of hydrogen-bond acceptors (Lipinski definition) is 0. The smallest absolute Gasteiger partial charge is 0.332 e. The second-order valence-corrected chi connectivity index (χ2v) is 4.59. The molecule has 0 fully saturated rings. The Morgan fingerprint density at radius 1 is 1.05 bits per heavy atom. The SMILES string of the molecule is C[CH-]CC.[CH2-]c1cccc2c1Cc1ccccc1-2.[U+2]. The Labute approximate surface area is 141 Å². The Bertz CT molecular complexity index is 527. The molecule has 0 spiro atoms. The molecule has 0 heterocycles. The maximum absolute atomic E-state index is 4.08. The zero-order chi connectivity index (χ0) is 13.0. The molecule has 1 heteroatoms. The second-order valence-electron chi connectivity index (χ2n) is 4.59. The third-order valence-corrected chi connectivity index (χ3v) is 3.36. The summed E-state index contributed by atoms with van der Waals surface area (Å²) in [5, 5.41) is 0. The van der Waals surface area contributed by atoms with E-state index in [1.807, 2.05) is 0 Å². The molecule has 0 aromatic heterocycles. The van der Waals surface area contributed by atoms with Crippen molar-refractivity contribution in [3.63, 3.8) is 0 Å². The number of fused-ring (bicyclic) bond motifs is 3. The van der Waals surface area contributed by atoms with Crippen LogP contribution in [0.15, 0.2) is 42.5 Å². The fourth-order valence-corrected chi connectivity index (χ4v) is 2.22. The monoisotopic (exact) mass is 474 g/mol. The molecule has 3 rings (SSSR count). The first kappa shape index (κ1) is 16.4. The van der Waals surface area contributed by atoms with E-state index in [9.17, 15) is 0 Å². The van der Waals surface area contributed by atoms with E-state index in [-0.39, 0.29) is 31.1 Å². The van der Waals surface area contributed by atoms with Crippen LogP contribution in [0.1, 0.15) is 37.0 Å². The molecular weight excluding hydrogens is 454 g/mol. The van der Waals surface area contributed by atoms with Crippen LogP contribution >= 0.6 is 0 Å². The van der Waals surface area contributed by atoms with Crippen molar-refractivity contribution >= 4 is 0 Å². The molecule has 0 N–H and O–H groups in total. The average Bonchev–Trinajstić information content (AvgIpc) is 2.80. The summed E-state index contributed by atoms with van der Waals surface area (Å²) in [6.07, 6.45) is 4.37. The molecule has 0 nitrogen and oxygen atoms in total. The van der Waals surface area contributed by atoms with E-state index in [1.54, 1.807) is 0 Å². The summed E-state index contributed by atoms with van der Waals surface area (Å²) in [6.45, 7) is 8.26. The van der Waals surface area contributed by atoms with Gasteiger partial charge in [-0.1, -0.05) is 42.8 Å². The van der Waals surface area contributed by atoms with Gasteiger partial charge in [0, 0.05) is 0 Å². The summed E-state index contributed by atoms with van der Waals surface area (Å²) >= 11 is 0. The first-order chi connectivity index (χ1) is 8.77. The predicted molar refractivity (Wildman–Crippen MR) is 79.4 cm³/mol. The third kappa shape index (κ3) is 3.68. The van der Waals surface area contributed by atoms with E-state index in [2.05, 4.69) is 69.7 Å². The number of hydrogen-bond donors (Lipinski definition) is 0. The zero-order valence-corrected chi connectivity index (χ0v) is 15.9. The van der Waals surface area contributed by atoms with Crippen LogP contribution < -0.4 is 0 Å². The molecule has 0 unspecified atom stereocenters. The number of unbranched alkanes of at least 4 members (excludes halogenated alkanes) is 1. The van der Waals surface area contributed by atoms with Crippen molar-refractivity contribution in [3.05, 3.63) is 72.5 Å². The van der Waals surface area contributed by atoms with Gasteiger partial charge in [0.05, 0.1) is 0 Å². The summed E-state index contributed by atoms with van der Waals surface area (Å²) in [4.78, 5) is 0. The largest absolute Gasteiger partial charge is 2.00 e. The van der Waals surface area contributed by atoms with Crippen molar-refractivity contribution in [2.45, 2.75) is 26.7 Å². The second kappa shape index (κ2) is 7.83. The van der Waals surface area contributed by atoms with Crippen LogP contribution in [0.4, 0.5) is 0 Å². The summed E-state index contributed by atoms with van der Waals surface area (Å²) in [6, 6.07) is 15.0. The topological polar surface area (TPSA) is 0 Å². The van der Waals surface area contributed by atoms with E-state index in [1.165, 1.54) is 34.2 Å². The van der Waals surface area contributed by atoms with Crippen LogP contribution in [0.5, 0.6) is 0 Å². The molecule has 2 aromatic rings. The maximum atomic E-state index is 4.08. The van der Waals surface area contributed by atoms with Crippen LogP contribution in [-0.4, -0.2) is 0 Å². The molecule has 0 bridgehead atoms. The van der Waals surface area contributed by atoms with Crippen LogP contribution in [0.3, 0.4) is 0 Å². The van der Waals surface area contributed by atoms with Gasteiger partial charge in [-0.2, -0.15) is 31.9 Å². The Hall–Kier alpha value is -0.638. The Morgan fingerprint density at radius 2 is 1.68 bits per heavy atom. The van der Waals surface area contributed by atoms with E-state index < -0.39 is 0 Å². The molecular formula is C18H20U. The first-order valence-electron chi connectivity index (χ1n) is 6.57. The molecule has 0 amide bonds. The van der Waals surface area contributed by atoms with Gasteiger partial charge in [0.1, 0.15) is 0 Å². The van der Waals surface area contributed by atoms with E-state index in [0.29, 0.717) is 0 Å². The van der Waals surface area contributed by atoms with Crippen molar-refractivity contribution in [2.24, 2.45) is 0 Å². The van der Waals surface area contributed by atoms with Crippen molar-refractivity contribution < 1.29 is 31.1 Å². The van der Waals surface area contributed by atoms with Gasteiger partial charge in [-0.3, -0.25) is 0 Å². The van der Waals surface area contributed by atoms with Crippen LogP contribution in [0, 0.1) is 44.5 Å². The Morgan fingerprint density at radius 3 is 2.37 bits per heavy atom. The summed E-state index contributed by atoms with van der Waals surface area (Å²) in [5.41, 5.74) is 6.74. The molecule has 0 radical (unpaired) electrons. The summed E-state index contributed by atoms with van der Waals surface area (Å²) in [5.74, 6) is 0.